The molecule has 0 saturated carbocycles. The highest BCUT2D eigenvalue weighted by Crippen LogP contribution is 2.25. The third-order valence-electron chi connectivity index (χ3n) is 2.01. The molecule has 2 rings (SSSR count). The number of halogens is 1. The number of benzene rings is 1. The van der Waals surface area contributed by atoms with Gasteiger partial charge in [0.05, 0.1) is 5.02 Å². The lowest BCUT2D eigenvalue weighted by Gasteiger charge is -2.05. The predicted octanol–water partition coefficient (Wildman–Crippen LogP) is 2.42. The van der Waals surface area contributed by atoms with Crippen LogP contribution in [0.15, 0.2) is 22.6 Å². The molecule has 0 saturated heterocycles. The molecule has 2 aromatic rings. The molecule has 0 fully saturated rings. The fourth-order valence-corrected chi connectivity index (χ4v) is 1.49. The molecule has 0 amide bonds. The average molecular weight is 253 g/mol. The number of nitrogens with zero attached hydrogens (tertiary/aromatic N) is 2. The van der Waals surface area contributed by atoms with Gasteiger partial charge in [-0.2, -0.15) is 0 Å². The molecular formula is C11H9ClN2O3. The molecule has 5 nitrogen and oxygen atoms in total. The minimum absolute atomic E-state index is 0.140. The Bertz CT molecular complexity index is 539. The van der Waals surface area contributed by atoms with Gasteiger partial charge in [0.15, 0.2) is 6.61 Å². The van der Waals surface area contributed by atoms with Crippen LogP contribution in [0.4, 0.5) is 0 Å². The molecule has 1 aromatic heterocycles. The number of ether oxygens (including phenoxy) is 1. The van der Waals surface area contributed by atoms with E-state index in [1.165, 1.54) is 6.07 Å². The van der Waals surface area contributed by atoms with E-state index < -0.39 is 0 Å². The van der Waals surface area contributed by atoms with Crippen molar-refractivity contribution >= 4 is 17.9 Å². The van der Waals surface area contributed by atoms with Crippen LogP contribution < -0.4 is 4.74 Å². The number of hydrogen-bond donors (Lipinski definition) is 0. The van der Waals surface area contributed by atoms with Gasteiger partial charge in [0.1, 0.15) is 12.0 Å². The van der Waals surface area contributed by atoms with E-state index in [0.29, 0.717) is 28.1 Å². The Morgan fingerprint density at radius 3 is 2.88 bits per heavy atom. The lowest BCUT2D eigenvalue weighted by Crippen LogP contribution is -1.96. The maximum atomic E-state index is 10.5. The topological polar surface area (TPSA) is 65.2 Å². The van der Waals surface area contributed by atoms with E-state index in [0.717, 1.165) is 6.29 Å². The Balaban J connectivity index is 2.06. The SMILES string of the molecule is Cc1nnc(COc2ccc(C=O)cc2Cl)o1. The second kappa shape index (κ2) is 4.97. The number of rotatable bonds is 4. The molecule has 0 radical (unpaired) electrons. The van der Waals surface area contributed by atoms with E-state index in [9.17, 15) is 4.79 Å². The summed E-state index contributed by atoms with van der Waals surface area (Å²) in [4.78, 5) is 10.5. The van der Waals surface area contributed by atoms with Crippen LogP contribution in [0.3, 0.4) is 0 Å². The quantitative estimate of drug-likeness (QED) is 0.782. The third kappa shape index (κ3) is 2.82. The molecule has 0 N–H and O–H groups in total. The lowest BCUT2D eigenvalue weighted by atomic mass is 10.2. The van der Waals surface area contributed by atoms with Crippen molar-refractivity contribution in [3.8, 4) is 5.75 Å². The van der Waals surface area contributed by atoms with E-state index in [1.54, 1.807) is 19.1 Å². The number of aryl methyl sites for hydroxylation is 1. The highest BCUT2D eigenvalue weighted by molar-refractivity contribution is 6.32. The molecule has 0 unspecified atom stereocenters. The summed E-state index contributed by atoms with van der Waals surface area (Å²) in [7, 11) is 0. The average Bonchev–Trinajstić information content (AvgIpc) is 2.73. The molecule has 6 heteroatoms. The summed E-state index contributed by atoms with van der Waals surface area (Å²) in [6.07, 6.45) is 0.719. The molecule has 1 aromatic carbocycles. The van der Waals surface area contributed by atoms with E-state index in [-0.39, 0.29) is 6.61 Å². The summed E-state index contributed by atoms with van der Waals surface area (Å²) in [5.74, 6) is 1.32. The van der Waals surface area contributed by atoms with E-state index in [4.69, 9.17) is 20.8 Å². The van der Waals surface area contributed by atoms with Crippen molar-refractivity contribution in [1.29, 1.82) is 0 Å². The van der Waals surface area contributed by atoms with Gasteiger partial charge in [-0.3, -0.25) is 4.79 Å². The first-order chi connectivity index (χ1) is 8.19. The molecule has 0 aliphatic rings. The van der Waals surface area contributed by atoms with Gasteiger partial charge in [0, 0.05) is 12.5 Å². The second-order valence-corrected chi connectivity index (χ2v) is 3.72. The van der Waals surface area contributed by atoms with E-state index >= 15 is 0 Å². The Hall–Kier alpha value is -1.88. The minimum atomic E-state index is 0.140. The highest BCUT2D eigenvalue weighted by Gasteiger charge is 2.06. The third-order valence-corrected chi connectivity index (χ3v) is 2.31. The van der Waals surface area contributed by atoms with E-state index in [1.807, 2.05) is 0 Å². The van der Waals surface area contributed by atoms with Crippen molar-refractivity contribution in [2.24, 2.45) is 0 Å². The summed E-state index contributed by atoms with van der Waals surface area (Å²) < 4.78 is 10.5. The summed E-state index contributed by atoms with van der Waals surface area (Å²) in [5, 5.41) is 7.82. The van der Waals surface area contributed by atoms with Gasteiger partial charge in [-0.15, -0.1) is 10.2 Å². The zero-order valence-electron chi connectivity index (χ0n) is 9.01. The van der Waals surface area contributed by atoms with Crippen LogP contribution >= 0.6 is 11.6 Å². The smallest absolute Gasteiger partial charge is 0.253 e. The van der Waals surface area contributed by atoms with Crippen LogP contribution in [-0.2, 0) is 6.61 Å². The van der Waals surface area contributed by atoms with Crippen molar-refractivity contribution in [1.82, 2.24) is 10.2 Å². The molecule has 0 atom stereocenters. The molecule has 0 spiro atoms. The van der Waals surface area contributed by atoms with Gasteiger partial charge in [-0.05, 0) is 18.2 Å². The monoisotopic (exact) mass is 252 g/mol. The van der Waals surface area contributed by atoms with E-state index in [2.05, 4.69) is 10.2 Å². The van der Waals surface area contributed by atoms with Crippen LogP contribution in [0.2, 0.25) is 5.02 Å². The van der Waals surface area contributed by atoms with Crippen LogP contribution in [-0.4, -0.2) is 16.5 Å². The summed E-state index contributed by atoms with van der Waals surface area (Å²) in [6, 6.07) is 4.77. The molecule has 17 heavy (non-hydrogen) atoms. The maximum Gasteiger partial charge on any atom is 0.253 e. The first kappa shape index (κ1) is 11.6. The van der Waals surface area contributed by atoms with Crippen molar-refractivity contribution in [3.63, 3.8) is 0 Å². The fourth-order valence-electron chi connectivity index (χ4n) is 1.24. The van der Waals surface area contributed by atoms with Gasteiger partial charge < -0.3 is 9.15 Å². The molecule has 0 aliphatic heterocycles. The minimum Gasteiger partial charge on any atom is -0.482 e. The second-order valence-electron chi connectivity index (χ2n) is 3.31. The standard InChI is InChI=1S/C11H9ClN2O3/c1-7-13-14-11(17-7)6-16-10-3-2-8(5-15)4-9(10)12/h2-5H,6H2,1H3. The zero-order valence-corrected chi connectivity index (χ0v) is 9.77. The Kier molecular flexibility index (Phi) is 3.39. The van der Waals surface area contributed by atoms with Gasteiger partial charge in [-0.25, -0.2) is 0 Å². The van der Waals surface area contributed by atoms with Crippen molar-refractivity contribution in [3.05, 3.63) is 40.6 Å². The lowest BCUT2D eigenvalue weighted by molar-refractivity contribution is 0.112. The van der Waals surface area contributed by atoms with Gasteiger partial charge in [-0.1, -0.05) is 11.6 Å². The maximum absolute atomic E-state index is 10.5. The fraction of sp³-hybridized carbons (Fsp3) is 0.182. The number of aromatic nitrogens is 2. The molecule has 1 heterocycles. The van der Waals surface area contributed by atoms with Crippen molar-refractivity contribution in [2.45, 2.75) is 13.5 Å². The van der Waals surface area contributed by atoms with Gasteiger partial charge in [0.25, 0.3) is 5.89 Å². The number of carbonyl (C=O) groups excluding carboxylic acids is 1. The Labute approximate surface area is 102 Å². The summed E-state index contributed by atoms with van der Waals surface area (Å²) in [5.41, 5.74) is 0.496. The zero-order chi connectivity index (χ0) is 12.3. The number of hydrogen-bond acceptors (Lipinski definition) is 5. The first-order valence-electron chi connectivity index (χ1n) is 4.85. The summed E-state index contributed by atoms with van der Waals surface area (Å²) in [6.45, 7) is 1.84. The normalized spacial score (nSPS) is 10.2. The molecule has 0 bridgehead atoms. The van der Waals surface area contributed by atoms with Crippen LogP contribution in [0.25, 0.3) is 0 Å². The largest absolute Gasteiger partial charge is 0.482 e. The van der Waals surface area contributed by atoms with Gasteiger partial charge >= 0.3 is 0 Å². The highest BCUT2D eigenvalue weighted by atomic mass is 35.5. The van der Waals surface area contributed by atoms with Crippen LogP contribution in [0, 0.1) is 6.92 Å². The molecule has 88 valence electrons. The van der Waals surface area contributed by atoms with Gasteiger partial charge in [0.2, 0.25) is 5.89 Å². The van der Waals surface area contributed by atoms with Crippen LogP contribution in [0.5, 0.6) is 5.75 Å². The molecular weight excluding hydrogens is 244 g/mol. The molecule has 0 aliphatic carbocycles. The Morgan fingerprint density at radius 2 is 2.29 bits per heavy atom. The first-order valence-corrected chi connectivity index (χ1v) is 5.23. The van der Waals surface area contributed by atoms with Crippen molar-refractivity contribution in [2.75, 3.05) is 0 Å². The summed E-state index contributed by atoms with van der Waals surface area (Å²) >= 11 is 5.93. The number of carbonyl (C=O) groups is 1. The Morgan fingerprint density at radius 1 is 1.47 bits per heavy atom. The predicted molar refractivity (Wildman–Crippen MR) is 60.2 cm³/mol. The van der Waals surface area contributed by atoms with Crippen LogP contribution in [0.1, 0.15) is 22.1 Å². The van der Waals surface area contributed by atoms with Crippen molar-refractivity contribution < 1.29 is 13.9 Å². The number of aldehydes is 1.